The third-order valence-corrected chi connectivity index (χ3v) is 9.30. The van der Waals surface area contributed by atoms with E-state index in [0.717, 1.165) is 24.9 Å². The number of para-hydroxylation sites is 1. The molecule has 3 heterocycles. The number of unbranched alkanes of at least 4 members (excludes halogenated alkanes) is 3. The van der Waals surface area contributed by atoms with Crippen LogP contribution in [0.3, 0.4) is 0 Å². The van der Waals surface area contributed by atoms with Crippen LogP contribution in [0.2, 0.25) is 0 Å². The van der Waals surface area contributed by atoms with Gasteiger partial charge in [-0.15, -0.1) is 13.2 Å². The molecule has 3 fully saturated rings. The predicted molar refractivity (Wildman–Crippen MR) is 159 cm³/mol. The molecule has 0 aliphatic carbocycles. The molecule has 1 N–H and O–H groups in total. The van der Waals surface area contributed by atoms with Gasteiger partial charge in [0.15, 0.2) is 0 Å². The van der Waals surface area contributed by atoms with Crippen molar-refractivity contribution in [3.05, 3.63) is 55.6 Å². The summed E-state index contributed by atoms with van der Waals surface area (Å²) < 4.78 is 6.68. The standard InChI is InChI=1S/C31H42BrN3O5/c1-4-7-11-18-33(16-5-2)30(39)27-31-21-23(32)26(40-31)24(25(31)29(38)35(27)19-12-13-20-36)28(37)34(17-6-3)22-14-9-8-10-15-22/h5-6,8-10,14-15,23-27,36H,2-4,7,11-13,16-21H2,1H3/t23?,24-,25-,26-,27?,31?/m0/s1. The predicted octanol–water partition coefficient (Wildman–Crippen LogP) is 3.93. The summed E-state index contributed by atoms with van der Waals surface area (Å²) in [6.07, 6.45) is 7.28. The topological polar surface area (TPSA) is 90.4 Å². The van der Waals surface area contributed by atoms with Crippen LogP contribution in [0, 0.1) is 11.8 Å². The number of aliphatic hydroxyl groups excluding tert-OH is 1. The van der Waals surface area contributed by atoms with Gasteiger partial charge in [-0.25, -0.2) is 0 Å². The van der Waals surface area contributed by atoms with Crippen LogP contribution in [-0.2, 0) is 19.1 Å². The molecule has 4 rings (SSSR count). The summed E-state index contributed by atoms with van der Waals surface area (Å²) in [6.45, 7) is 11.4. The summed E-state index contributed by atoms with van der Waals surface area (Å²) in [6, 6.07) is 8.53. The number of aliphatic hydroxyl groups is 1. The number of fused-ring (bicyclic) bond motifs is 1. The van der Waals surface area contributed by atoms with Crippen molar-refractivity contribution in [2.24, 2.45) is 11.8 Å². The van der Waals surface area contributed by atoms with Gasteiger partial charge >= 0.3 is 0 Å². The molecule has 1 spiro atoms. The molecule has 40 heavy (non-hydrogen) atoms. The van der Waals surface area contributed by atoms with Crippen LogP contribution in [0.15, 0.2) is 55.6 Å². The van der Waals surface area contributed by atoms with Crippen LogP contribution in [-0.4, -0.2) is 88.0 Å². The fourth-order valence-corrected chi connectivity index (χ4v) is 7.68. The van der Waals surface area contributed by atoms with Gasteiger partial charge in [-0.1, -0.05) is 66.0 Å². The quantitative estimate of drug-likeness (QED) is 0.183. The first-order valence-corrected chi connectivity index (χ1v) is 15.4. The lowest BCUT2D eigenvalue weighted by Gasteiger charge is -2.37. The van der Waals surface area contributed by atoms with Crippen LogP contribution in [0.25, 0.3) is 0 Å². The van der Waals surface area contributed by atoms with E-state index in [9.17, 15) is 19.5 Å². The van der Waals surface area contributed by atoms with Crippen molar-refractivity contribution in [3.8, 4) is 0 Å². The van der Waals surface area contributed by atoms with Crippen molar-refractivity contribution in [3.63, 3.8) is 0 Å². The molecule has 0 aromatic heterocycles. The Morgan fingerprint density at radius 1 is 1.12 bits per heavy atom. The number of hydrogen-bond donors (Lipinski definition) is 1. The van der Waals surface area contributed by atoms with Crippen molar-refractivity contribution in [2.45, 2.75) is 68.0 Å². The first kappa shape index (κ1) is 30.5. The zero-order valence-electron chi connectivity index (χ0n) is 23.4. The third-order valence-electron chi connectivity index (χ3n) is 8.45. The number of benzene rings is 1. The average molecular weight is 617 g/mol. The first-order valence-electron chi connectivity index (χ1n) is 14.5. The number of amides is 3. The van der Waals surface area contributed by atoms with E-state index >= 15 is 0 Å². The highest BCUT2D eigenvalue weighted by Gasteiger charge is 2.76. The van der Waals surface area contributed by atoms with Crippen LogP contribution in [0.4, 0.5) is 5.69 Å². The molecule has 3 unspecified atom stereocenters. The lowest BCUT2D eigenvalue weighted by atomic mass is 9.70. The van der Waals surface area contributed by atoms with E-state index in [-0.39, 0.29) is 29.2 Å². The molecule has 8 nitrogen and oxygen atoms in total. The summed E-state index contributed by atoms with van der Waals surface area (Å²) in [5, 5.41) is 9.42. The second kappa shape index (κ2) is 13.4. The Kier molecular flexibility index (Phi) is 10.2. The minimum Gasteiger partial charge on any atom is -0.396 e. The highest BCUT2D eigenvalue weighted by atomic mass is 79.9. The highest BCUT2D eigenvalue weighted by molar-refractivity contribution is 9.09. The van der Waals surface area contributed by atoms with E-state index in [1.165, 1.54) is 0 Å². The minimum absolute atomic E-state index is 0.00553. The van der Waals surface area contributed by atoms with Gasteiger partial charge in [0.2, 0.25) is 17.7 Å². The van der Waals surface area contributed by atoms with Crippen LogP contribution < -0.4 is 4.90 Å². The molecule has 9 heteroatoms. The molecule has 0 radical (unpaired) electrons. The zero-order chi connectivity index (χ0) is 28.9. The number of carbonyl (C=O) groups is 3. The molecule has 6 atom stereocenters. The first-order chi connectivity index (χ1) is 19.4. The van der Waals surface area contributed by atoms with E-state index in [4.69, 9.17) is 4.74 Å². The number of anilines is 1. The Morgan fingerprint density at radius 3 is 2.50 bits per heavy atom. The SMILES string of the molecule is C=CCN(CCCCC)C(=O)C1N(CCCCO)C(=O)[C@@H]2[C@H](C(=O)N(CC=C)c3ccccc3)[C@H]3OC12CC3Br. The van der Waals surface area contributed by atoms with E-state index in [1.54, 1.807) is 26.9 Å². The Hall–Kier alpha value is -2.49. The molecule has 2 bridgehead atoms. The Labute approximate surface area is 246 Å². The van der Waals surface area contributed by atoms with Crippen LogP contribution >= 0.6 is 15.9 Å². The number of ether oxygens (including phenoxy) is 1. The minimum atomic E-state index is -1.10. The Bertz CT molecular complexity index is 1080. The van der Waals surface area contributed by atoms with Crippen molar-refractivity contribution < 1.29 is 24.2 Å². The second-order valence-electron chi connectivity index (χ2n) is 11.0. The summed E-state index contributed by atoms with van der Waals surface area (Å²) in [5.41, 5.74) is -0.380. The molecular formula is C31H42BrN3O5. The second-order valence-corrected chi connectivity index (χ2v) is 12.2. The fraction of sp³-hybridized carbons (Fsp3) is 0.581. The van der Waals surface area contributed by atoms with Gasteiger partial charge < -0.3 is 24.5 Å². The van der Waals surface area contributed by atoms with Gasteiger partial charge in [0.1, 0.15) is 11.6 Å². The van der Waals surface area contributed by atoms with Gasteiger partial charge in [-0.2, -0.15) is 0 Å². The van der Waals surface area contributed by atoms with Gasteiger partial charge in [-0.05, 0) is 37.8 Å². The molecular weight excluding hydrogens is 574 g/mol. The van der Waals surface area contributed by atoms with Crippen LogP contribution in [0.1, 0.15) is 45.4 Å². The lowest BCUT2D eigenvalue weighted by Crippen LogP contribution is -2.57. The van der Waals surface area contributed by atoms with Gasteiger partial charge in [-0.3, -0.25) is 14.4 Å². The maximum absolute atomic E-state index is 14.3. The van der Waals surface area contributed by atoms with E-state index in [2.05, 4.69) is 36.0 Å². The van der Waals surface area contributed by atoms with E-state index in [0.29, 0.717) is 45.4 Å². The van der Waals surface area contributed by atoms with Crippen molar-refractivity contribution >= 4 is 39.3 Å². The van der Waals surface area contributed by atoms with Crippen molar-refractivity contribution in [2.75, 3.05) is 37.7 Å². The number of likely N-dealkylation sites (tertiary alicyclic amines) is 1. The summed E-state index contributed by atoms with van der Waals surface area (Å²) >= 11 is 3.76. The number of carbonyl (C=O) groups excluding carboxylic acids is 3. The van der Waals surface area contributed by atoms with E-state index < -0.39 is 29.6 Å². The molecule has 0 saturated carbocycles. The molecule has 3 aliphatic rings. The normalized spacial score (nSPS) is 28.4. The maximum atomic E-state index is 14.3. The van der Waals surface area contributed by atoms with Gasteiger partial charge in [0, 0.05) is 43.3 Å². The number of hydrogen-bond acceptors (Lipinski definition) is 5. The summed E-state index contributed by atoms with van der Waals surface area (Å²) in [5.74, 6) is -2.07. The Morgan fingerprint density at radius 2 is 1.85 bits per heavy atom. The van der Waals surface area contributed by atoms with Crippen LogP contribution in [0.5, 0.6) is 0 Å². The molecule has 218 valence electrons. The number of alkyl halides is 1. The van der Waals surface area contributed by atoms with Gasteiger partial charge in [0.05, 0.1) is 17.9 Å². The molecule has 3 aliphatic heterocycles. The third kappa shape index (κ3) is 5.52. The molecule has 1 aromatic rings. The largest absolute Gasteiger partial charge is 0.396 e. The number of halogens is 1. The fourth-order valence-electron chi connectivity index (χ4n) is 6.74. The number of nitrogens with zero attached hydrogens (tertiary/aromatic N) is 3. The monoisotopic (exact) mass is 615 g/mol. The lowest BCUT2D eigenvalue weighted by molar-refractivity contribution is -0.147. The maximum Gasteiger partial charge on any atom is 0.248 e. The van der Waals surface area contributed by atoms with Crippen molar-refractivity contribution in [1.29, 1.82) is 0 Å². The highest BCUT2D eigenvalue weighted by Crippen LogP contribution is 2.60. The summed E-state index contributed by atoms with van der Waals surface area (Å²) in [7, 11) is 0. The van der Waals surface area contributed by atoms with Gasteiger partial charge in [0.25, 0.3) is 0 Å². The van der Waals surface area contributed by atoms with E-state index in [1.807, 2.05) is 30.3 Å². The Balaban J connectivity index is 1.73. The van der Waals surface area contributed by atoms with Crippen molar-refractivity contribution in [1.82, 2.24) is 9.80 Å². The average Bonchev–Trinajstić information content (AvgIpc) is 3.54. The molecule has 1 aromatic carbocycles. The molecule has 3 amide bonds. The zero-order valence-corrected chi connectivity index (χ0v) is 25.0. The molecule has 3 saturated heterocycles. The smallest absolute Gasteiger partial charge is 0.248 e. The number of rotatable bonds is 15. The summed E-state index contributed by atoms with van der Waals surface area (Å²) in [4.78, 5) is 47.7.